The second-order valence-corrected chi connectivity index (χ2v) is 6.12. The van der Waals surface area contributed by atoms with Crippen LogP contribution in [0, 0.1) is 0 Å². The number of Topliss-reactive ketones (excluding diaryl/α,β-unsaturated/α-hetero) is 1. The molecule has 96 valence electrons. The van der Waals surface area contributed by atoms with E-state index in [1.54, 1.807) is 30.0 Å². The molecule has 0 amide bonds. The Morgan fingerprint density at radius 3 is 2.84 bits per heavy atom. The second-order valence-electron chi connectivity index (χ2n) is 4.19. The Balaban J connectivity index is 1.68. The summed E-state index contributed by atoms with van der Waals surface area (Å²) in [5, 5.41) is 2.03. The molecule has 2 aromatic heterocycles. The van der Waals surface area contributed by atoms with Crippen LogP contribution in [0.25, 0.3) is 4.96 Å². The summed E-state index contributed by atoms with van der Waals surface area (Å²) in [7, 11) is 0. The third kappa shape index (κ3) is 2.72. The van der Waals surface area contributed by atoms with Gasteiger partial charge in [-0.2, -0.15) is 0 Å². The van der Waals surface area contributed by atoms with Crippen molar-refractivity contribution in [2.24, 2.45) is 0 Å². The summed E-state index contributed by atoms with van der Waals surface area (Å²) in [6.07, 6.45) is 4.07. The van der Waals surface area contributed by atoms with Crippen molar-refractivity contribution in [2.45, 2.75) is 17.6 Å². The van der Waals surface area contributed by atoms with E-state index >= 15 is 0 Å². The van der Waals surface area contributed by atoms with E-state index in [0.717, 1.165) is 26.9 Å². The van der Waals surface area contributed by atoms with E-state index in [-0.39, 0.29) is 5.78 Å². The zero-order valence-corrected chi connectivity index (χ0v) is 12.0. The van der Waals surface area contributed by atoms with E-state index in [1.807, 2.05) is 40.2 Å². The third-order valence-corrected chi connectivity index (χ3v) is 4.61. The molecule has 0 radical (unpaired) electrons. The van der Waals surface area contributed by atoms with Gasteiger partial charge in [0.05, 0.1) is 5.69 Å². The van der Waals surface area contributed by atoms with Gasteiger partial charge in [-0.25, -0.2) is 4.98 Å². The lowest BCUT2D eigenvalue weighted by Gasteiger charge is -2.00. The van der Waals surface area contributed by atoms with Crippen LogP contribution in [0.3, 0.4) is 0 Å². The number of hydrogen-bond acceptors (Lipinski definition) is 4. The number of thiazole rings is 1. The highest BCUT2D eigenvalue weighted by atomic mass is 32.2. The SMILES string of the molecule is CC(=O)c1ccc(SCc2cn3ccsc3n2)cc1. The Labute approximate surface area is 119 Å². The Kier molecular flexibility index (Phi) is 3.40. The molecule has 0 N–H and O–H groups in total. The average molecular weight is 288 g/mol. The number of rotatable bonds is 4. The monoisotopic (exact) mass is 288 g/mol. The third-order valence-electron chi connectivity index (χ3n) is 2.79. The molecule has 0 saturated carbocycles. The minimum absolute atomic E-state index is 0.103. The average Bonchev–Trinajstić information content (AvgIpc) is 2.97. The summed E-state index contributed by atoms with van der Waals surface area (Å²) >= 11 is 3.37. The molecular formula is C14H12N2OS2. The fourth-order valence-electron chi connectivity index (χ4n) is 1.79. The van der Waals surface area contributed by atoms with Crippen LogP contribution >= 0.6 is 23.1 Å². The number of ketones is 1. The molecule has 1 aromatic carbocycles. The smallest absolute Gasteiger partial charge is 0.193 e. The van der Waals surface area contributed by atoms with Crippen LogP contribution in [0.1, 0.15) is 23.0 Å². The highest BCUT2D eigenvalue weighted by Gasteiger charge is 2.04. The Morgan fingerprint density at radius 1 is 1.37 bits per heavy atom. The number of carbonyl (C=O) groups is 1. The van der Waals surface area contributed by atoms with Crippen LogP contribution in [-0.2, 0) is 5.75 Å². The molecule has 0 aliphatic heterocycles. The molecule has 0 aliphatic carbocycles. The zero-order valence-electron chi connectivity index (χ0n) is 10.4. The van der Waals surface area contributed by atoms with E-state index in [1.165, 1.54) is 0 Å². The van der Waals surface area contributed by atoms with Crippen molar-refractivity contribution >= 4 is 33.8 Å². The summed E-state index contributed by atoms with van der Waals surface area (Å²) in [6.45, 7) is 1.58. The predicted molar refractivity (Wildman–Crippen MR) is 79.1 cm³/mol. The van der Waals surface area contributed by atoms with E-state index in [9.17, 15) is 4.79 Å². The molecule has 19 heavy (non-hydrogen) atoms. The predicted octanol–water partition coefficient (Wildman–Crippen LogP) is 3.89. The number of imidazole rings is 1. The van der Waals surface area contributed by atoms with Gasteiger partial charge < -0.3 is 0 Å². The number of carbonyl (C=O) groups excluding carboxylic acids is 1. The molecule has 0 spiro atoms. The molecule has 0 atom stereocenters. The fraction of sp³-hybridized carbons (Fsp3) is 0.143. The van der Waals surface area contributed by atoms with Crippen molar-refractivity contribution in [3.05, 3.63) is 53.3 Å². The molecule has 0 fully saturated rings. The molecule has 0 unspecified atom stereocenters. The van der Waals surface area contributed by atoms with Crippen molar-refractivity contribution in [1.82, 2.24) is 9.38 Å². The van der Waals surface area contributed by atoms with Gasteiger partial charge in [0, 0.05) is 34.0 Å². The van der Waals surface area contributed by atoms with Crippen LogP contribution in [0.4, 0.5) is 0 Å². The van der Waals surface area contributed by atoms with Gasteiger partial charge in [-0.3, -0.25) is 9.20 Å². The summed E-state index contributed by atoms with van der Waals surface area (Å²) in [5.41, 5.74) is 1.83. The topological polar surface area (TPSA) is 34.4 Å². The van der Waals surface area contributed by atoms with Gasteiger partial charge in [0.25, 0.3) is 0 Å². The van der Waals surface area contributed by atoms with Gasteiger partial charge in [0.15, 0.2) is 10.7 Å². The van der Waals surface area contributed by atoms with Crippen molar-refractivity contribution < 1.29 is 4.79 Å². The lowest BCUT2D eigenvalue weighted by atomic mass is 10.2. The second kappa shape index (κ2) is 5.19. The number of hydrogen-bond donors (Lipinski definition) is 0. The van der Waals surface area contributed by atoms with Crippen molar-refractivity contribution in [3.8, 4) is 0 Å². The number of thioether (sulfide) groups is 1. The van der Waals surface area contributed by atoms with Crippen LogP contribution < -0.4 is 0 Å². The number of nitrogens with zero attached hydrogens (tertiary/aromatic N) is 2. The quantitative estimate of drug-likeness (QED) is 0.539. The first-order valence-electron chi connectivity index (χ1n) is 5.87. The summed E-state index contributed by atoms with van der Waals surface area (Å²) in [5.74, 6) is 0.944. The lowest BCUT2D eigenvalue weighted by molar-refractivity contribution is 0.101. The molecule has 3 nitrogen and oxygen atoms in total. The molecule has 3 rings (SSSR count). The van der Waals surface area contributed by atoms with Crippen molar-refractivity contribution in [1.29, 1.82) is 0 Å². The van der Waals surface area contributed by atoms with Crippen LogP contribution in [0.2, 0.25) is 0 Å². The van der Waals surface area contributed by atoms with Gasteiger partial charge in [-0.05, 0) is 19.1 Å². The van der Waals surface area contributed by atoms with Gasteiger partial charge in [0.2, 0.25) is 0 Å². The highest BCUT2D eigenvalue weighted by Crippen LogP contribution is 2.23. The molecular weight excluding hydrogens is 276 g/mol. The Morgan fingerprint density at radius 2 is 2.16 bits per heavy atom. The summed E-state index contributed by atoms with van der Waals surface area (Å²) in [4.78, 5) is 17.9. The summed E-state index contributed by atoms with van der Waals surface area (Å²) < 4.78 is 2.04. The molecule has 0 saturated heterocycles. The standard InChI is InChI=1S/C14H12N2OS2/c1-10(17)11-2-4-13(5-3-11)19-9-12-8-16-6-7-18-14(16)15-12/h2-8H,9H2,1H3. The zero-order chi connectivity index (χ0) is 13.2. The van der Waals surface area contributed by atoms with Crippen LogP contribution in [-0.4, -0.2) is 15.2 Å². The molecule has 5 heteroatoms. The minimum atomic E-state index is 0.103. The minimum Gasteiger partial charge on any atom is -0.297 e. The van der Waals surface area contributed by atoms with Crippen LogP contribution in [0.5, 0.6) is 0 Å². The molecule has 0 aliphatic rings. The van der Waals surface area contributed by atoms with Crippen LogP contribution in [0.15, 0.2) is 46.9 Å². The molecule has 3 aromatic rings. The van der Waals surface area contributed by atoms with E-state index in [2.05, 4.69) is 11.2 Å². The van der Waals surface area contributed by atoms with Crippen molar-refractivity contribution in [2.75, 3.05) is 0 Å². The molecule has 0 bridgehead atoms. The first-order chi connectivity index (χ1) is 9.22. The van der Waals surface area contributed by atoms with E-state index < -0.39 is 0 Å². The Hall–Kier alpha value is -1.59. The maximum atomic E-state index is 11.2. The van der Waals surface area contributed by atoms with Gasteiger partial charge in [-0.15, -0.1) is 23.1 Å². The van der Waals surface area contributed by atoms with Gasteiger partial charge >= 0.3 is 0 Å². The van der Waals surface area contributed by atoms with E-state index in [4.69, 9.17) is 0 Å². The van der Waals surface area contributed by atoms with Gasteiger partial charge in [0.1, 0.15) is 0 Å². The number of fused-ring (bicyclic) bond motifs is 1. The maximum Gasteiger partial charge on any atom is 0.193 e. The first kappa shape index (κ1) is 12.4. The largest absolute Gasteiger partial charge is 0.297 e. The maximum absolute atomic E-state index is 11.2. The highest BCUT2D eigenvalue weighted by molar-refractivity contribution is 7.98. The summed E-state index contributed by atoms with van der Waals surface area (Å²) in [6, 6.07) is 7.71. The van der Waals surface area contributed by atoms with Crippen molar-refractivity contribution in [3.63, 3.8) is 0 Å². The Bertz CT molecular complexity index is 684. The normalized spacial score (nSPS) is 11.0. The number of aromatic nitrogens is 2. The number of benzene rings is 1. The first-order valence-corrected chi connectivity index (χ1v) is 7.74. The van der Waals surface area contributed by atoms with Gasteiger partial charge in [-0.1, -0.05) is 12.1 Å². The fourth-order valence-corrected chi connectivity index (χ4v) is 3.29. The molecule has 2 heterocycles. The van der Waals surface area contributed by atoms with E-state index in [0.29, 0.717) is 0 Å². The lowest BCUT2D eigenvalue weighted by Crippen LogP contribution is -1.90.